The molecule has 1 saturated heterocycles. The number of rotatable bonds is 3. The first-order valence-electron chi connectivity index (χ1n) is 6.51. The molecule has 0 unspecified atom stereocenters. The number of ketones is 1. The number of benzene rings is 1. The molecule has 1 aromatic rings. The quantitative estimate of drug-likeness (QED) is 0.890. The standard InChI is InChI=1S/C15H21NO2/c1-12(17)14(13-6-4-3-5-7-13)16-10-8-15(2,18)9-11-16/h3-7,14,18H,8-11H2,1-2H3/t14-/m0/s1. The molecular formula is C15H21NO2. The highest BCUT2D eigenvalue weighted by Crippen LogP contribution is 2.29. The van der Waals surface area contributed by atoms with Crippen LogP contribution in [0.15, 0.2) is 30.3 Å². The van der Waals surface area contributed by atoms with E-state index in [2.05, 4.69) is 4.90 Å². The Morgan fingerprint density at radius 3 is 2.33 bits per heavy atom. The summed E-state index contributed by atoms with van der Waals surface area (Å²) >= 11 is 0. The fourth-order valence-electron chi connectivity index (χ4n) is 2.60. The van der Waals surface area contributed by atoms with Crippen molar-refractivity contribution in [3.63, 3.8) is 0 Å². The minimum absolute atomic E-state index is 0.165. The molecule has 0 amide bonds. The Hall–Kier alpha value is -1.19. The first-order chi connectivity index (χ1) is 8.49. The van der Waals surface area contributed by atoms with Crippen LogP contribution < -0.4 is 0 Å². The fraction of sp³-hybridized carbons (Fsp3) is 0.533. The predicted octanol–water partition coefficient (Wildman–Crippen LogP) is 2.16. The summed E-state index contributed by atoms with van der Waals surface area (Å²) in [5.74, 6) is 0.169. The fourth-order valence-corrected chi connectivity index (χ4v) is 2.60. The van der Waals surface area contributed by atoms with Gasteiger partial charge in [0.15, 0.2) is 5.78 Å². The predicted molar refractivity (Wildman–Crippen MR) is 71.3 cm³/mol. The van der Waals surface area contributed by atoms with Gasteiger partial charge in [0.1, 0.15) is 0 Å². The van der Waals surface area contributed by atoms with Gasteiger partial charge in [0.25, 0.3) is 0 Å². The first kappa shape index (κ1) is 13.2. The van der Waals surface area contributed by atoms with E-state index in [9.17, 15) is 9.90 Å². The van der Waals surface area contributed by atoms with Gasteiger partial charge in [0.05, 0.1) is 11.6 Å². The Balaban J connectivity index is 2.15. The topological polar surface area (TPSA) is 40.5 Å². The maximum absolute atomic E-state index is 11.9. The van der Waals surface area contributed by atoms with E-state index in [1.54, 1.807) is 6.92 Å². The Bertz CT molecular complexity index is 404. The third kappa shape index (κ3) is 2.98. The van der Waals surface area contributed by atoms with Crippen LogP contribution in [0.25, 0.3) is 0 Å². The highest BCUT2D eigenvalue weighted by molar-refractivity contribution is 5.82. The zero-order valence-electron chi connectivity index (χ0n) is 11.1. The Morgan fingerprint density at radius 2 is 1.83 bits per heavy atom. The van der Waals surface area contributed by atoms with Crippen molar-refractivity contribution in [3.8, 4) is 0 Å². The molecule has 3 nitrogen and oxygen atoms in total. The maximum Gasteiger partial charge on any atom is 0.151 e. The zero-order chi connectivity index (χ0) is 13.2. The minimum atomic E-state index is -0.575. The molecule has 1 N–H and O–H groups in total. The first-order valence-corrected chi connectivity index (χ1v) is 6.51. The van der Waals surface area contributed by atoms with E-state index in [-0.39, 0.29) is 11.8 Å². The van der Waals surface area contributed by atoms with Crippen LogP contribution >= 0.6 is 0 Å². The van der Waals surface area contributed by atoms with Crippen molar-refractivity contribution in [1.29, 1.82) is 0 Å². The van der Waals surface area contributed by atoms with Crippen LogP contribution in [-0.2, 0) is 4.79 Å². The van der Waals surface area contributed by atoms with E-state index < -0.39 is 5.60 Å². The molecule has 3 heteroatoms. The molecule has 0 bridgehead atoms. The number of piperidine rings is 1. The Labute approximate surface area is 108 Å². The third-order valence-electron chi connectivity index (χ3n) is 3.74. The lowest BCUT2D eigenvalue weighted by Gasteiger charge is -2.39. The molecule has 2 rings (SSSR count). The van der Waals surface area contributed by atoms with Crippen LogP contribution in [-0.4, -0.2) is 34.5 Å². The van der Waals surface area contributed by atoms with Crippen molar-refractivity contribution in [2.75, 3.05) is 13.1 Å². The number of hydrogen-bond donors (Lipinski definition) is 1. The van der Waals surface area contributed by atoms with Gasteiger partial charge < -0.3 is 5.11 Å². The largest absolute Gasteiger partial charge is 0.390 e. The molecule has 0 aromatic heterocycles. The second-order valence-electron chi connectivity index (χ2n) is 5.46. The SMILES string of the molecule is CC(=O)[C@@H](c1ccccc1)N1CCC(C)(O)CC1. The van der Waals surface area contributed by atoms with Gasteiger partial charge in [-0.15, -0.1) is 0 Å². The Kier molecular flexibility index (Phi) is 3.83. The molecule has 1 aromatic carbocycles. The van der Waals surface area contributed by atoms with Crippen LogP contribution in [0, 0.1) is 0 Å². The van der Waals surface area contributed by atoms with Crippen LogP contribution in [0.2, 0.25) is 0 Å². The average molecular weight is 247 g/mol. The van der Waals surface area contributed by atoms with E-state index in [0.717, 1.165) is 31.5 Å². The summed E-state index contributed by atoms with van der Waals surface area (Å²) in [4.78, 5) is 14.1. The number of carbonyl (C=O) groups excluding carboxylic acids is 1. The molecule has 18 heavy (non-hydrogen) atoms. The van der Waals surface area contributed by atoms with Crippen molar-refractivity contribution in [2.45, 2.75) is 38.3 Å². The smallest absolute Gasteiger partial charge is 0.151 e. The van der Waals surface area contributed by atoms with Gasteiger partial charge in [-0.05, 0) is 32.3 Å². The number of nitrogens with zero attached hydrogens (tertiary/aromatic N) is 1. The molecule has 98 valence electrons. The molecule has 0 radical (unpaired) electrons. The number of hydrogen-bond acceptors (Lipinski definition) is 3. The van der Waals surface area contributed by atoms with Crippen LogP contribution in [0.1, 0.15) is 38.3 Å². The second kappa shape index (κ2) is 5.21. The summed E-state index contributed by atoms with van der Waals surface area (Å²) in [7, 11) is 0. The number of Topliss-reactive ketones (excluding diaryl/α,β-unsaturated/α-hetero) is 1. The van der Waals surface area contributed by atoms with Gasteiger partial charge in [-0.2, -0.15) is 0 Å². The summed E-state index contributed by atoms with van der Waals surface area (Å²) in [5.41, 5.74) is 0.473. The number of carbonyl (C=O) groups is 1. The maximum atomic E-state index is 11.9. The number of likely N-dealkylation sites (tertiary alicyclic amines) is 1. The molecule has 0 saturated carbocycles. The van der Waals surface area contributed by atoms with E-state index in [1.165, 1.54) is 0 Å². The molecular weight excluding hydrogens is 226 g/mol. The average Bonchev–Trinajstić information content (AvgIpc) is 2.33. The molecule has 1 aliphatic rings. The van der Waals surface area contributed by atoms with Gasteiger partial charge in [-0.25, -0.2) is 0 Å². The lowest BCUT2D eigenvalue weighted by molar-refractivity contribution is -0.124. The van der Waals surface area contributed by atoms with E-state index in [1.807, 2.05) is 37.3 Å². The molecule has 1 atom stereocenters. The van der Waals surface area contributed by atoms with Gasteiger partial charge in [0, 0.05) is 13.1 Å². The van der Waals surface area contributed by atoms with E-state index in [0.29, 0.717) is 0 Å². The lowest BCUT2D eigenvalue weighted by atomic mass is 9.91. The summed E-state index contributed by atoms with van der Waals surface area (Å²) in [6.45, 7) is 5.05. The highest BCUT2D eigenvalue weighted by atomic mass is 16.3. The normalized spacial score (nSPS) is 21.5. The second-order valence-corrected chi connectivity index (χ2v) is 5.46. The Morgan fingerprint density at radius 1 is 1.28 bits per heavy atom. The molecule has 1 aliphatic heterocycles. The van der Waals surface area contributed by atoms with Gasteiger partial charge in [-0.1, -0.05) is 30.3 Å². The molecule has 0 aliphatic carbocycles. The summed E-state index contributed by atoms with van der Waals surface area (Å²) in [6.07, 6.45) is 1.45. The lowest BCUT2D eigenvalue weighted by Crippen LogP contribution is -2.45. The third-order valence-corrected chi connectivity index (χ3v) is 3.74. The zero-order valence-corrected chi connectivity index (χ0v) is 11.1. The van der Waals surface area contributed by atoms with Crippen LogP contribution in [0.3, 0.4) is 0 Å². The monoisotopic (exact) mass is 247 g/mol. The van der Waals surface area contributed by atoms with Crippen molar-refractivity contribution >= 4 is 5.78 Å². The van der Waals surface area contributed by atoms with Crippen molar-refractivity contribution in [2.24, 2.45) is 0 Å². The molecule has 1 fully saturated rings. The van der Waals surface area contributed by atoms with Gasteiger partial charge in [-0.3, -0.25) is 9.69 Å². The number of aliphatic hydroxyl groups is 1. The van der Waals surface area contributed by atoms with Crippen molar-refractivity contribution in [3.05, 3.63) is 35.9 Å². The van der Waals surface area contributed by atoms with Crippen molar-refractivity contribution in [1.82, 2.24) is 4.90 Å². The van der Waals surface area contributed by atoms with Crippen LogP contribution in [0.5, 0.6) is 0 Å². The molecule has 1 heterocycles. The van der Waals surface area contributed by atoms with E-state index >= 15 is 0 Å². The van der Waals surface area contributed by atoms with Crippen molar-refractivity contribution < 1.29 is 9.90 Å². The van der Waals surface area contributed by atoms with E-state index in [4.69, 9.17) is 0 Å². The highest BCUT2D eigenvalue weighted by Gasteiger charge is 2.33. The van der Waals surface area contributed by atoms with Gasteiger partial charge in [0.2, 0.25) is 0 Å². The summed E-state index contributed by atoms with van der Waals surface area (Å²) in [5, 5.41) is 9.97. The summed E-state index contributed by atoms with van der Waals surface area (Å²) < 4.78 is 0. The minimum Gasteiger partial charge on any atom is -0.390 e. The summed E-state index contributed by atoms with van der Waals surface area (Å²) in [6, 6.07) is 9.72. The van der Waals surface area contributed by atoms with Crippen LogP contribution in [0.4, 0.5) is 0 Å². The molecule has 0 spiro atoms. The van der Waals surface area contributed by atoms with Gasteiger partial charge >= 0.3 is 0 Å².